The molecular formula is C13H17N3O5. The van der Waals surface area contributed by atoms with Gasteiger partial charge in [-0.15, -0.1) is 0 Å². The Morgan fingerprint density at radius 1 is 1.48 bits per heavy atom. The van der Waals surface area contributed by atoms with E-state index in [1.807, 2.05) is 0 Å². The van der Waals surface area contributed by atoms with Crippen molar-refractivity contribution in [2.24, 2.45) is 0 Å². The van der Waals surface area contributed by atoms with Crippen molar-refractivity contribution < 1.29 is 19.2 Å². The van der Waals surface area contributed by atoms with Gasteiger partial charge < -0.3 is 20.1 Å². The molecule has 1 aromatic carbocycles. The SMILES string of the molecule is COc1cc([N+](=O)[O-])ccc1NC(=O)C1CC(OC)CN1. The number of nitro groups is 1. The van der Waals surface area contributed by atoms with Crippen LogP contribution in [0.4, 0.5) is 11.4 Å². The Hall–Kier alpha value is -2.19. The highest BCUT2D eigenvalue weighted by Gasteiger charge is 2.29. The summed E-state index contributed by atoms with van der Waals surface area (Å²) >= 11 is 0. The minimum atomic E-state index is -0.518. The lowest BCUT2D eigenvalue weighted by atomic mass is 10.2. The molecule has 2 rings (SSSR count). The Labute approximate surface area is 121 Å². The minimum absolute atomic E-state index is 0.0134. The normalized spacial score (nSPS) is 21.0. The number of benzene rings is 1. The monoisotopic (exact) mass is 295 g/mol. The first-order valence-corrected chi connectivity index (χ1v) is 6.44. The van der Waals surface area contributed by atoms with Crippen molar-refractivity contribution in [1.82, 2.24) is 5.32 Å². The van der Waals surface area contributed by atoms with Gasteiger partial charge in [-0.05, 0) is 12.5 Å². The third kappa shape index (κ3) is 3.47. The molecule has 2 N–H and O–H groups in total. The number of hydrogen-bond donors (Lipinski definition) is 2. The summed E-state index contributed by atoms with van der Waals surface area (Å²) in [5, 5.41) is 16.5. The number of rotatable bonds is 5. The molecule has 2 atom stereocenters. The number of anilines is 1. The second-order valence-electron chi connectivity index (χ2n) is 4.69. The largest absolute Gasteiger partial charge is 0.494 e. The Balaban J connectivity index is 2.08. The van der Waals surface area contributed by atoms with E-state index in [9.17, 15) is 14.9 Å². The minimum Gasteiger partial charge on any atom is -0.494 e. The topological polar surface area (TPSA) is 103 Å². The fourth-order valence-electron chi connectivity index (χ4n) is 2.20. The fourth-order valence-corrected chi connectivity index (χ4v) is 2.20. The lowest BCUT2D eigenvalue weighted by Gasteiger charge is -2.13. The van der Waals surface area contributed by atoms with Gasteiger partial charge in [-0.2, -0.15) is 0 Å². The van der Waals surface area contributed by atoms with Crippen LogP contribution in [0.15, 0.2) is 18.2 Å². The highest BCUT2D eigenvalue weighted by atomic mass is 16.6. The average molecular weight is 295 g/mol. The summed E-state index contributed by atoms with van der Waals surface area (Å²) in [6, 6.07) is 3.70. The summed E-state index contributed by atoms with van der Waals surface area (Å²) in [7, 11) is 3.00. The summed E-state index contributed by atoms with van der Waals surface area (Å²) < 4.78 is 10.3. The molecule has 1 saturated heterocycles. The second kappa shape index (κ2) is 6.51. The van der Waals surface area contributed by atoms with Gasteiger partial charge in [0.2, 0.25) is 5.91 Å². The highest BCUT2D eigenvalue weighted by molar-refractivity contribution is 5.96. The summed E-state index contributed by atoms with van der Waals surface area (Å²) in [6.45, 7) is 0.617. The summed E-state index contributed by atoms with van der Waals surface area (Å²) in [6.07, 6.45) is 0.594. The predicted molar refractivity (Wildman–Crippen MR) is 75.5 cm³/mol. The molecule has 0 aliphatic carbocycles. The van der Waals surface area contributed by atoms with E-state index in [1.54, 1.807) is 7.11 Å². The molecule has 1 amide bonds. The molecule has 1 aliphatic heterocycles. The van der Waals surface area contributed by atoms with Crippen molar-refractivity contribution in [3.8, 4) is 5.75 Å². The zero-order chi connectivity index (χ0) is 15.4. The quantitative estimate of drug-likeness (QED) is 0.618. The van der Waals surface area contributed by atoms with Crippen molar-refractivity contribution in [2.45, 2.75) is 18.6 Å². The maximum Gasteiger partial charge on any atom is 0.273 e. The molecule has 0 spiro atoms. The van der Waals surface area contributed by atoms with Crippen LogP contribution in [0.1, 0.15) is 6.42 Å². The zero-order valence-corrected chi connectivity index (χ0v) is 11.8. The lowest BCUT2D eigenvalue weighted by molar-refractivity contribution is -0.384. The van der Waals surface area contributed by atoms with Crippen molar-refractivity contribution >= 4 is 17.3 Å². The van der Waals surface area contributed by atoms with E-state index in [4.69, 9.17) is 9.47 Å². The van der Waals surface area contributed by atoms with E-state index in [1.165, 1.54) is 25.3 Å². The van der Waals surface area contributed by atoms with Gasteiger partial charge in [0.1, 0.15) is 5.75 Å². The molecule has 114 valence electrons. The lowest BCUT2D eigenvalue weighted by Crippen LogP contribution is -2.35. The van der Waals surface area contributed by atoms with E-state index >= 15 is 0 Å². The van der Waals surface area contributed by atoms with E-state index in [2.05, 4.69) is 10.6 Å². The number of nitrogens with zero attached hydrogens (tertiary/aromatic N) is 1. The summed E-state index contributed by atoms with van der Waals surface area (Å²) in [5.74, 6) is 0.0283. The maximum atomic E-state index is 12.1. The first-order valence-electron chi connectivity index (χ1n) is 6.44. The number of carbonyl (C=O) groups is 1. The van der Waals surface area contributed by atoms with E-state index < -0.39 is 4.92 Å². The number of non-ortho nitro benzene ring substituents is 1. The number of methoxy groups -OCH3 is 2. The molecule has 1 fully saturated rings. The summed E-state index contributed by atoms with van der Waals surface area (Å²) in [4.78, 5) is 22.3. The average Bonchev–Trinajstić information content (AvgIpc) is 2.96. The van der Waals surface area contributed by atoms with Gasteiger partial charge in [0, 0.05) is 19.7 Å². The van der Waals surface area contributed by atoms with Gasteiger partial charge in [0.15, 0.2) is 0 Å². The van der Waals surface area contributed by atoms with Crippen LogP contribution >= 0.6 is 0 Å². The molecular weight excluding hydrogens is 278 g/mol. The standard InChI is InChI=1S/C13H17N3O5/c1-20-9-6-11(14-7-9)13(17)15-10-4-3-8(16(18)19)5-12(10)21-2/h3-5,9,11,14H,6-7H2,1-2H3,(H,15,17). The van der Waals surface area contributed by atoms with Crippen molar-refractivity contribution in [3.05, 3.63) is 28.3 Å². The van der Waals surface area contributed by atoms with Crippen LogP contribution in [0, 0.1) is 10.1 Å². The molecule has 0 radical (unpaired) electrons. The van der Waals surface area contributed by atoms with Crippen LogP contribution in [0.25, 0.3) is 0 Å². The van der Waals surface area contributed by atoms with Crippen LogP contribution in [0.3, 0.4) is 0 Å². The van der Waals surface area contributed by atoms with Crippen LogP contribution in [-0.4, -0.2) is 43.7 Å². The number of ether oxygens (including phenoxy) is 2. The van der Waals surface area contributed by atoms with Crippen LogP contribution in [-0.2, 0) is 9.53 Å². The number of amides is 1. The Morgan fingerprint density at radius 3 is 2.81 bits per heavy atom. The van der Waals surface area contributed by atoms with E-state index in [-0.39, 0.29) is 29.5 Å². The Bertz CT molecular complexity index is 549. The van der Waals surface area contributed by atoms with Gasteiger partial charge in [-0.25, -0.2) is 0 Å². The van der Waals surface area contributed by atoms with Crippen molar-refractivity contribution in [2.75, 3.05) is 26.1 Å². The molecule has 0 bridgehead atoms. The molecule has 21 heavy (non-hydrogen) atoms. The van der Waals surface area contributed by atoms with Crippen molar-refractivity contribution in [3.63, 3.8) is 0 Å². The van der Waals surface area contributed by atoms with E-state index in [0.717, 1.165) is 0 Å². The Morgan fingerprint density at radius 2 is 2.24 bits per heavy atom. The predicted octanol–water partition coefficient (Wildman–Crippen LogP) is 0.919. The molecule has 8 heteroatoms. The highest BCUT2D eigenvalue weighted by Crippen LogP contribution is 2.29. The van der Waals surface area contributed by atoms with Gasteiger partial charge in [-0.1, -0.05) is 0 Å². The third-order valence-corrected chi connectivity index (χ3v) is 3.39. The van der Waals surface area contributed by atoms with Gasteiger partial charge in [-0.3, -0.25) is 14.9 Å². The van der Waals surface area contributed by atoms with Gasteiger partial charge in [0.25, 0.3) is 5.69 Å². The smallest absolute Gasteiger partial charge is 0.273 e. The molecule has 1 aromatic rings. The maximum absolute atomic E-state index is 12.1. The molecule has 0 aromatic heterocycles. The number of carbonyl (C=O) groups excluding carboxylic acids is 1. The molecule has 1 aliphatic rings. The first kappa shape index (κ1) is 15.2. The zero-order valence-electron chi connectivity index (χ0n) is 11.8. The number of nitrogens with one attached hydrogen (secondary N) is 2. The number of nitro benzene ring substituents is 1. The van der Waals surface area contributed by atoms with Crippen LogP contribution in [0.2, 0.25) is 0 Å². The van der Waals surface area contributed by atoms with Crippen LogP contribution < -0.4 is 15.4 Å². The van der Waals surface area contributed by atoms with Crippen LogP contribution in [0.5, 0.6) is 5.75 Å². The van der Waals surface area contributed by atoms with Gasteiger partial charge >= 0.3 is 0 Å². The summed E-state index contributed by atoms with van der Waals surface area (Å²) in [5.41, 5.74) is 0.305. The number of hydrogen-bond acceptors (Lipinski definition) is 6. The van der Waals surface area contributed by atoms with E-state index in [0.29, 0.717) is 18.7 Å². The first-order chi connectivity index (χ1) is 10.0. The molecule has 2 unspecified atom stereocenters. The molecule has 0 saturated carbocycles. The van der Waals surface area contributed by atoms with Gasteiger partial charge in [0.05, 0.1) is 35.9 Å². The molecule has 8 nitrogen and oxygen atoms in total. The second-order valence-corrected chi connectivity index (χ2v) is 4.69. The van der Waals surface area contributed by atoms with Crippen molar-refractivity contribution in [1.29, 1.82) is 0 Å². The molecule has 1 heterocycles. The fraction of sp³-hybridized carbons (Fsp3) is 0.462. The Kier molecular flexibility index (Phi) is 4.71. The third-order valence-electron chi connectivity index (χ3n) is 3.39.